The number of rotatable bonds is 4. The van der Waals surface area contributed by atoms with Crippen LogP contribution in [-0.2, 0) is 6.54 Å². The fourth-order valence-electron chi connectivity index (χ4n) is 2.71. The van der Waals surface area contributed by atoms with Crippen LogP contribution >= 0.6 is 0 Å². The highest BCUT2D eigenvalue weighted by atomic mass is 15.2. The summed E-state index contributed by atoms with van der Waals surface area (Å²) in [4.78, 5) is 6.80. The molecule has 3 heteroatoms. The number of anilines is 1. The number of nitrogens with one attached hydrogen (secondary N) is 1. The number of benzene rings is 1. The number of hydrogen-bond donors (Lipinski definition) is 1. The first-order chi connectivity index (χ1) is 9.92. The summed E-state index contributed by atoms with van der Waals surface area (Å²) in [7, 11) is 0. The lowest BCUT2D eigenvalue weighted by Crippen LogP contribution is -2.42. The third-order valence-electron chi connectivity index (χ3n) is 3.91. The Hall–Kier alpha value is -1.87. The summed E-state index contributed by atoms with van der Waals surface area (Å²) in [6, 6.07) is 17.4. The molecule has 0 spiro atoms. The third-order valence-corrected chi connectivity index (χ3v) is 3.91. The van der Waals surface area contributed by atoms with Gasteiger partial charge in [0.05, 0.1) is 0 Å². The molecule has 3 nitrogen and oxygen atoms in total. The van der Waals surface area contributed by atoms with Gasteiger partial charge in [0.2, 0.25) is 0 Å². The molecule has 3 rings (SSSR count). The van der Waals surface area contributed by atoms with Crippen LogP contribution in [0.15, 0.2) is 54.7 Å². The van der Waals surface area contributed by atoms with Crippen molar-refractivity contribution in [1.82, 2.24) is 10.3 Å². The van der Waals surface area contributed by atoms with Gasteiger partial charge < -0.3 is 10.2 Å². The van der Waals surface area contributed by atoms with E-state index in [-0.39, 0.29) is 0 Å². The first-order valence-corrected chi connectivity index (χ1v) is 7.35. The van der Waals surface area contributed by atoms with Gasteiger partial charge in [-0.1, -0.05) is 36.4 Å². The largest absolute Gasteiger partial charge is 0.357 e. The van der Waals surface area contributed by atoms with Crippen LogP contribution in [0.25, 0.3) is 0 Å². The molecule has 0 unspecified atom stereocenters. The third kappa shape index (κ3) is 3.36. The van der Waals surface area contributed by atoms with Crippen molar-refractivity contribution in [2.75, 3.05) is 18.0 Å². The van der Waals surface area contributed by atoms with Crippen LogP contribution in [-0.4, -0.2) is 24.1 Å². The maximum absolute atomic E-state index is 4.43. The van der Waals surface area contributed by atoms with Crippen LogP contribution in [0, 0.1) is 0 Å². The molecule has 0 aliphatic carbocycles. The fourth-order valence-corrected chi connectivity index (χ4v) is 2.71. The SMILES string of the molecule is c1ccc(CNC2CCN(c3ccccn3)CC2)cc1. The molecule has 0 atom stereocenters. The zero-order valence-electron chi connectivity index (χ0n) is 11.7. The van der Waals surface area contributed by atoms with Gasteiger partial charge in [-0.2, -0.15) is 0 Å². The van der Waals surface area contributed by atoms with Crippen molar-refractivity contribution in [3.63, 3.8) is 0 Å². The molecule has 1 aliphatic heterocycles. The van der Waals surface area contributed by atoms with E-state index < -0.39 is 0 Å². The number of piperidine rings is 1. The molecular weight excluding hydrogens is 246 g/mol. The summed E-state index contributed by atoms with van der Waals surface area (Å²) < 4.78 is 0. The molecule has 2 aromatic rings. The maximum Gasteiger partial charge on any atom is 0.128 e. The van der Waals surface area contributed by atoms with Crippen molar-refractivity contribution in [1.29, 1.82) is 0 Å². The van der Waals surface area contributed by atoms with E-state index in [1.54, 1.807) is 0 Å². The highest BCUT2D eigenvalue weighted by molar-refractivity contribution is 5.38. The minimum Gasteiger partial charge on any atom is -0.357 e. The molecule has 0 radical (unpaired) electrons. The van der Waals surface area contributed by atoms with Crippen molar-refractivity contribution < 1.29 is 0 Å². The Morgan fingerprint density at radius 3 is 2.45 bits per heavy atom. The van der Waals surface area contributed by atoms with Crippen molar-refractivity contribution in [2.45, 2.75) is 25.4 Å². The molecule has 1 fully saturated rings. The summed E-state index contributed by atoms with van der Waals surface area (Å²) in [5.74, 6) is 1.11. The van der Waals surface area contributed by atoms with Gasteiger partial charge in [0.25, 0.3) is 0 Å². The maximum atomic E-state index is 4.43. The lowest BCUT2D eigenvalue weighted by Gasteiger charge is -2.33. The summed E-state index contributed by atoms with van der Waals surface area (Å²) in [5.41, 5.74) is 1.36. The second-order valence-electron chi connectivity index (χ2n) is 5.32. The standard InChI is InChI=1S/C17H21N3/c1-2-6-15(7-3-1)14-19-16-9-12-20(13-10-16)17-8-4-5-11-18-17/h1-8,11,16,19H,9-10,12-14H2. The van der Waals surface area contributed by atoms with E-state index >= 15 is 0 Å². The normalized spacial score (nSPS) is 16.3. The molecule has 0 bridgehead atoms. The Morgan fingerprint density at radius 2 is 1.75 bits per heavy atom. The average Bonchev–Trinajstić information content (AvgIpc) is 2.55. The summed E-state index contributed by atoms with van der Waals surface area (Å²) in [5, 5.41) is 3.66. The molecule has 0 amide bonds. The van der Waals surface area contributed by atoms with Crippen molar-refractivity contribution in [3.8, 4) is 0 Å². The monoisotopic (exact) mass is 267 g/mol. The molecule has 20 heavy (non-hydrogen) atoms. The Bertz CT molecular complexity index is 504. The molecule has 1 N–H and O–H groups in total. The van der Waals surface area contributed by atoms with Crippen molar-refractivity contribution in [3.05, 3.63) is 60.3 Å². The van der Waals surface area contributed by atoms with Crippen LogP contribution in [0.5, 0.6) is 0 Å². The van der Waals surface area contributed by atoms with Gasteiger partial charge >= 0.3 is 0 Å². The van der Waals surface area contributed by atoms with Gasteiger partial charge in [0, 0.05) is 31.9 Å². The van der Waals surface area contributed by atoms with E-state index in [2.05, 4.69) is 57.7 Å². The van der Waals surface area contributed by atoms with Crippen molar-refractivity contribution in [2.24, 2.45) is 0 Å². The minimum atomic E-state index is 0.621. The molecule has 104 valence electrons. The van der Waals surface area contributed by atoms with Gasteiger partial charge in [0.15, 0.2) is 0 Å². The first kappa shape index (κ1) is 13.1. The zero-order valence-corrected chi connectivity index (χ0v) is 11.7. The van der Waals surface area contributed by atoms with E-state index in [0.29, 0.717) is 6.04 Å². The topological polar surface area (TPSA) is 28.2 Å². The molecule has 1 aliphatic rings. The average molecular weight is 267 g/mol. The zero-order chi connectivity index (χ0) is 13.6. The van der Waals surface area contributed by atoms with Crippen LogP contribution in [0.4, 0.5) is 5.82 Å². The fraction of sp³-hybridized carbons (Fsp3) is 0.353. The molecule has 2 heterocycles. The second kappa shape index (κ2) is 6.53. The van der Waals surface area contributed by atoms with E-state index in [0.717, 1.165) is 25.5 Å². The lowest BCUT2D eigenvalue weighted by molar-refractivity contribution is 0.413. The molecule has 1 saturated heterocycles. The highest BCUT2D eigenvalue weighted by Gasteiger charge is 2.19. The smallest absolute Gasteiger partial charge is 0.128 e. The van der Waals surface area contributed by atoms with Gasteiger partial charge in [-0.05, 0) is 30.5 Å². The number of hydrogen-bond acceptors (Lipinski definition) is 3. The lowest BCUT2D eigenvalue weighted by atomic mass is 10.0. The van der Waals surface area contributed by atoms with Crippen LogP contribution in [0.3, 0.4) is 0 Å². The Kier molecular flexibility index (Phi) is 4.28. The summed E-state index contributed by atoms with van der Waals surface area (Å²) in [6.07, 6.45) is 4.24. The highest BCUT2D eigenvalue weighted by Crippen LogP contribution is 2.17. The number of aromatic nitrogens is 1. The number of pyridine rings is 1. The van der Waals surface area contributed by atoms with Crippen LogP contribution < -0.4 is 10.2 Å². The van der Waals surface area contributed by atoms with Crippen LogP contribution in [0.1, 0.15) is 18.4 Å². The number of nitrogens with zero attached hydrogens (tertiary/aromatic N) is 2. The van der Waals surface area contributed by atoms with Gasteiger partial charge in [0.1, 0.15) is 5.82 Å². The Balaban J connectivity index is 1.47. The van der Waals surface area contributed by atoms with Crippen molar-refractivity contribution >= 4 is 5.82 Å². The van der Waals surface area contributed by atoms with E-state index in [4.69, 9.17) is 0 Å². The van der Waals surface area contributed by atoms with E-state index in [1.807, 2.05) is 12.3 Å². The predicted molar refractivity (Wildman–Crippen MR) is 82.8 cm³/mol. The summed E-state index contributed by atoms with van der Waals surface area (Å²) >= 11 is 0. The predicted octanol–water partition coefficient (Wildman–Crippen LogP) is 2.84. The first-order valence-electron chi connectivity index (χ1n) is 7.35. The van der Waals surface area contributed by atoms with E-state index in [1.165, 1.54) is 18.4 Å². The van der Waals surface area contributed by atoms with Gasteiger partial charge in [-0.3, -0.25) is 0 Å². The van der Waals surface area contributed by atoms with Gasteiger partial charge in [-0.15, -0.1) is 0 Å². The van der Waals surface area contributed by atoms with Gasteiger partial charge in [-0.25, -0.2) is 4.98 Å². The Labute approximate surface area is 120 Å². The second-order valence-corrected chi connectivity index (χ2v) is 5.32. The molecule has 0 saturated carbocycles. The summed E-state index contributed by atoms with van der Waals surface area (Å²) in [6.45, 7) is 3.14. The Morgan fingerprint density at radius 1 is 1.00 bits per heavy atom. The van der Waals surface area contributed by atoms with E-state index in [9.17, 15) is 0 Å². The minimum absolute atomic E-state index is 0.621. The molecule has 1 aromatic carbocycles. The van der Waals surface area contributed by atoms with Crippen LogP contribution in [0.2, 0.25) is 0 Å². The molecular formula is C17H21N3. The quantitative estimate of drug-likeness (QED) is 0.923. The molecule has 1 aromatic heterocycles.